The van der Waals surface area contributed by atoms with E-state index in [4.69, 9.17) is 17.3 Å². The molecule has 4 heteroatoms. The number of benzene rings is 2. The number of carbonyl (C=O) groups is 1. The van der Waals surface area contributed by atoms with Crippen LogP contribution in [0.2, 0.25) is 5.02 Å². The molecule has 0 aromatic heterocycles. The van der Waals surface area contributed by atoms with Gasteiger partial charge >= 0.3 is 0 Å². The number of hydrogen-bond donors (Lipinski definition) is 2. The van der Waals surface area contributed by atoms with Crippen molar-refractivity contribution < 1.29 is 4.79 Å². The summed E-state index contributed by atoms with van der Waals surface area (Å²) in [5.74, 6) is -0.166. The molecule has 2 rings (SSSR count). The van der Waals surface area contributed by atoms with Gasteiger partial charge in [0.15, 0.2) is 0 Å². The molecule has 104 valence electrons. The Bertz CT molecular complexity index is 640. The first-order chi connectivity index (χ1) is 9.47. The quantitative estimate of drug-likeness (QED) is 0.846. The molecule has 1 amide bonds. The minimum atomic E-state index is -0.166. The second-order valence-electron chi connectivity index (χ2n) is 4.85. The van der Waals surface area contributed by atoms with Gasteiger partial charge in [-0.15, -0.1) is 0 Å². The Balaban J connectivity index is 2.13. The molecule has 0 aliphatic carbocycles. The van der Waals surface area contributed by atoms with Crippen LogP contribution in [0.1, 0.15) is 34.5 Å². The Morgan fingerprint density at radius 1 is 1.25 bits per heavy atom. The number of halogens is 1. The molecule has 0 aliphatic rings. The Hall–Kier alpha value is -2.00. The maximum atomic E-state index is 12.2. The average Bonchev–Trinajstić information content (AvgIpc) is 2.41. The van der Waals surface area contributed by atoms with Crippen molar-refractivity contribution in [2.45, 2.75) is 19.9 Å². The third-order valence-electron chi connectivity index (χ3n) is 3.15. The highest BCUT2D eigenvalue weighted by molar-refractivity contribution is 6.33. The molecular weight excluding hydrogens is 272 g/mol. The summed E-state index contributed by atoms with van der Waals surface area (Å²) >= 11 is 5.93. The number of amides is 1. The monoisotopic (exact) mass is 288 g/mol. The maximum Gasteiger partial charge on any atom is 0.251 e. The Morgan fingerprint density at radius 3 is 2.65 bits per heavy atom. The van der Waals surface area contributed by atoms with Gasteiger partial charge in [0.2, 0.25) is 0 Å². The zero-order valence-electron chi connectivity index (χ0n) is 11.5. The van der Waals surface area contributed by atoms with Crippen LogP contribution in [0.4, 0.5) is 5.69 Å². The van der Waals surface area contributed by atoms with Crippen LogP contribution in [0, 0.1) is 6.92 Å². The summed E-state index contributed by atoms with van der Waals surface area (Å²) in [7, 11) is 0. The molecule has 20 heavy (non-hydrogen) atoms. The SMILES string of the molecule is Cc1cccc([C@@H](C)NC(=O)c2ccc(N)c(Cl)c2)c1. The molecule has 0 aliphatic heterocycles. The van der Waals surface area contributed by atoms with Crippen LogP contribution in [-0.4, -0.2) is 5.91 Å². The van der Waals surface area contributed by atoms with E-state index in [1.165, 1.54) is 5.56 Å². The van der Waals surface area contributed by atoms with Crippen LogP contribution in [0.25, 0.3) is 0 Å². The molecule has 0 radical (unpaired) electrons. The van der Waals surface area contributed by atoms with E-state index in [2.05, 4.69) is 11.4 Å². The van der Waals surface area contributed by atoms with Crippen molar-refractivity contribution >= 4 is 23.2 Å². The number of anilines is 1. The molecule has 3 nitrogen and oxygen atoms in total. The number of nitrogens with two attached hydrogens (primary N) is 1. The minimum Gasteiger partial charge on any atom is -0.398 e. The molecule has 0 unspecified atom stereocenters. The number of rotatable bonds is 3. The highest BCUT2D eigenvalue weighted by Gasteiger charge is 2.12. The molecule has 0 spiro atoms. The van der Waals surface area contributed by atoms with Crippen LogP contribution in [0.5, 0.6) is 0 Å². The van der Waals surface area contributed by atoms with Crippen molar-refractivity contribution in [2.75, 3.05) is 5.73 Å². The molecule has 2 aromatic carbocycles. The van der Waals surface area contributed by atoms with Crippen LogP contribution in [0.3, 0.4) is 0 Å². The van der Waals surface area contributed by atoms with Crippen LogP contribution < -0.4 is 11.1 Å². The van der Waals surface area contributed by atoms with Gasteiger partial charge in [-0.2, -0.15) is 0 Å². The summed E-state index contributed by atoms with van der Waals surface area (Å²) in [5, 5.41) is 3.34. The largest absolute Gasteiger partial charge is 0.398 e. The molecule has 3 N–H and O–H groups in total. The molecular formula is C16H17ClN2O. The summed E-state index contributed by atoms with van der Waals surface area (Å²) in [6.07, 6.45) is 0. The van der Waals surface area contributed by atoms with E-state index in [1.54, 1.807) is 18.2 Å². The minimum absolute atomic E-state index is 0.0706. The average molecular weight is 289 g/mol. The van der Waals surface area contributed by atoms with E-state index in [0.717, 1.165) is 5.56 Å². The van der Waals surface area contributed by atoms with E-state index < -0.39 is 0 Å². The fourth-order valence-electron chi connectivity index (χ4n) is 1.97. The summed E-state index contributed by atoms with van der Waals surface area (Å²) in [4.78, 5) is 12.2. The first kappa shape index (κ1) is 14.4. The fourth-order valence-corrected chi connectivity index (χ4v) is 2.15. The van der Waals surface area contributed by atoms with E-state index >= 15 is 0 Å². The number of nitrogen functional groups attached to an aromatic ring is 1. The third-order valence-corrected chi connectivity index (χ3v) is 3.48. The summed E-state index contributed by atoms with van der Waals surface area (Å²) in [6.45, 7) is 3.98. The molecule has 2 aromatic rings. The van der Waals surface area contributed by atoms with Gasteiger partial charge in [0.1, 0.15) is 0 Å². The lowest BCUT2D eigenvalue weighted by molar-refractivity contribution is 0.0940. The maximum absolute atomic E-state index is 12.2. The van der Waals surface area contributed by atoms with Crippen molar-refractivity contribution in [3.05, 3.63) is 64.2 Å². The van der Waals surface area contributed by atoms with E-state index in [1.807, 2.05) is 32.0 Å². The molecule has 0 heterocycles. The molecule has 0 bridgehead atoms. The zero-order valence-corrected chi connectivity index (χ0v) is 12.2. The van der Waals surface area contributed by atoms with Gasteiger partial charge in [-0.1, -0.05) is 41.4 Å². The lowest BCUT2D eigenvalue weighted by Crippen LogP contribution is -2.26. The Kier molecular flexibility index (Phi) is 4.30. The van der Waals surface area contributed by atoms with E-state index in [0.29, 0.717) is 16.3 Å². The zero-order chi connectivity index (χ0) is 14.7. The van der Waals surface area contributed by atoms with Crippen LogP contribution in [-0.2, 0) is 0 Å². The van der Waals surface area contributed by atoms with Crippen molar-refractivity contribution in [1.82, 2.24) is 5.32 Å². The van der Waals surface area contributed by atoms with Crippen molar-refractivity contribution in [2.24, 2.45) is 0 Å². The number of carbonyl (C=O) groups excluding carboxylic acids is 1. The van der Waals surface area contributed by atoms with Gasteiger partial charge in [0.05, 0.1) is 16.8 Å². The number of hydrogen-bond acceptors (Lipinski definition) is 2. The lowest BCUT2D eigenvalue weighted by Gasteiger charge is -2.15. The molecule has 0 saturated heterocycles. The normalized spacial score (nSPS) is 11.9. The van der Waals surface area contributed by atoms with E-state index in [-0.39, 0.29) is 11.9 Å². The Labute approximate surface area is 123 Å². The van der Waals surface area contributed by atoms with Gasteiger partial charge in [-0.3, -0.25) is 4.79 Å². The fraction of sp³-hybridized carbons (Fsp3) is 0.188. The second kappa shape index (κ2) is 5.97. The summed E-state index contributed by atoms with van der Waals surface area (Å²) in [5.41, 5.74) is 8.84. The van der Waals surface area contributed by atoms with Gasteiger partial charge < -0.3 is 11.1 Å². The first-order valence-electron chi connectivity index (χ1n) is 6.40. The molecule has 0 saturated carbocycles. The highest BCUT2D eigenvalue weighted by Crippen LogP contribution is 2.20. The van der Waals surface area contributed by atoms with Crippen LogP contribution in [0.15, 0.2) is 42.5 Å². The molecule has 1 atom stereocenters. The molecule has 0 fully saturated rings. The lowest BCUT2D eigenvalue weighted by atomic mass is 10.1. The third kappa shape index (κ3) is 3.31. The van der Waals surface area contributed by atoms with Gasteiger partial charge in [0, 0.05) is 5.56 Å². The van der Waals surface area contributed by atoms with Crippen molar-refractivity contribution in [3.8, 4) is 0 Å². The number of aryl methyl sites for hydroxylation is 1. The summed E-state index contributed by atoms with van der Waals surface area (Å²) in [6, 6.07) is 12.9. The Morgan fingerprint density at radius 2 is 2.00 bits per heavy atom. The van der Waals surface area contributed by atoms with Gasteiger partial charge in [0.25, 0.3) is 5.91 Å². The van der Waals surface area contributed by atoms with Crippen molar-refractivity contribution in [1.29, 1.82) is 0 Å². The first-order valence-corrected chi connectivity index (χ1v) is 6.77. The topological polar surface area (TPSA) is 55.1 Å². The van der Waals surface area contributed by atoms with Crippen LogP contribution >= 0.6 is 11.6 Å². The second-order valence-corrected chi connectivity index (χ2v) is 5.25. The predicted octanol–water partition coefficient (Wildman–Crippen LogP) is 3.72. The predicted molar refractivity (Wildman–Crippen MR) is 82.9 cm³/mol. The van der Waals surface area contributed by atoms with E-state index in [9.17, 15) is 4.79 Å². The smallest absolute Gasteiger partial charge is 0.251 e. The van der Waals surface area contributed by atoms with Crippen molar-refractivity contribution in [3.63, 3.8) is 0 Å². The summed E-state index contributed by atoms with van der Waals surface area (Å²) < 4.78 is 0. The van der Waals surface area contributed by atoms with Gasteiger partial charge in [-0.25, -0.2) is 0 Å². The number of nitrogens with one attached hydrogen (secondary N) is 1. The highest BCUT2D eigenvalue weighted by atomic mass is 35.5. The van der Waals surface area contributed by atoms with Gasteiger partial charge in [-0.05, 0) is 37.6 Å². The standard InChI is InChI=1S/C16H17ClN2O/c1-10-4-3-5-12(8-10)11(2)19-16(20)13-6-7-15(18)14(17)9-13/h3-9,11H,18H2,1-2H3,(H,19,20)/t11-/m1/s1.